The van der Waals surface area contributed by atoms with E-state index < -0.39 is 0 Å². The van der Waals surface area contributed by atoms with Crippen LogP contribution < -0.4 is 14.8 Å². The number of nitrogens with one attached hydrogen (secondary N) is 1. The molecule has 132 valence electrons. The fourth-order valence-corrected chi connectivity index (χ4v) is 2.16. The van der Waals surface area contributed by atoms with Gasteiger partial charge in [0.25, 0.3) is 5.91 Å². The zero-order valence-corrected chi connectivity index (χ0v) is 14.6. The second-order valence-electron chi connectivity index (χ2n) is 5.27. The summed E-state index contributed by atoms with van der Waals surface area (Å²) in [5.74, 6) is 1.01. The lowest BCUT2D eigenvalue weighted by Gasteiger charge is -2.09. The molecule has 0 heterocycles. The first-order valence-electron chi connectivity index (χ1n) is 7.95. The molecule has 0 fully saturated rings. The molecule has 0 saturated carbocycles. The van der Waals surface area contributed by atoms with Crippen LogP contribution in [0, 0.1) is 6.92 Å². The third-order valence-electron chi connectivity index (χ3n) is 3.26. The summed E-state index contributed by atoms with van der Waals surface area (Å²) in [5, 5.41) is 6.56. The SMILES string of the molecule is CCOc1cc(/C=N/OCC(=O)Nc2cccc(C)c2)ccc1OC. The zero-order valence-electron chi connectivity index (χ0n) is 14.6. The standard InChI is InChI=1S/C19H22N2O4/c1-4-24-18-11-15(8-9-17(18)23-3)12-20-25-13-19(22)21-16-7-5-6-14(2)10-16/h5-12H,4,13H2,1-3H3,(H,21,22)/b20-12+. The number of aryl methyl sites for hydroxylation is 1. The smallest absolute Gasteiger partial charge is 0.265 e. The summed E-state index contributed by atoms with van der Waals surface area (Å²) in [7, 11) is 1.58. The number of nitrogens with zero attached hydrogens (tertiary/aromatic N) is 1. The lowest BCUT2D eigenvalue weighted by molar-refractivity contribution is -0.120. The highest BCUT2D eigenvalue weighted by Crippen LogP contribution is 2.27. The third-order valence-corrected chi connectivity index (χ3v) is 3.26. The van der Waals surface area contributed by atoms with E-state index in [0.29, 0.717) is 18.1 Å². The molecular weight excluding hydrogens is 320 g/mol. The Morgan fingerprint density at radius 1 is 1.20 bits per heavy atom. The highest BCUT2D eigenvalue weighted by molar-refractivity contribution is 5.91. The van der Waals surface area contributed by atoms with Crippen molar-refractivity contribution in [2.75, 3.05) is 25.6 Å². The summed E-state index contributed by atoms with van der Waals surface area (Å²) >= 11 is 0. The number of hydrogen-bond acceptors (Lipinski definition) is 5. The lowest BCUT2D eigenvalue weighted by atomic mass is 10.2. The van der Waals surface area contributed by atoms with E-state index in [1.807, 2.05) is 44.2 Å². The van der Waals surface area contributed by atoms with Crippen LogP contribution in [0.2, 0.25) is 0 Å². The van der Waals surface area contributed by atoms with Gasteiger partial charge in [0.1, 0.15) is 0 Å². The Balaban J connectivity index is 1.86. The number of methoxy groups -OCH3 is 1. The molecule has 2 rings (SSSR count). The van der Waals surface area contributed by atoms with Crippen LogP contribution in [0.15, 0.2) is 47.6 Å². The second kappa shape index (κ2) is 9.32. The molecule has 0 atom stereocenters. The van der Waals surface area contributed by atoms with E-state index in [9.17, 15) is 4.79 Å². The van der Waals surface area contributed by atoms with Crippen molar-refractivity contribution in [3.63, 3.8) is 0 Å². The number of rotatable bonds is 8. The number of oxime groups is 1. The average molecular weight is 342 g/mol. The average Bonchev–Trinajstić information content (AvgIpc) is 2.59. The van der Waals surface area contributed by atoms with Crippen molar-refractivity contribution >= 4 is 17.8 Å². The van der Waals surface area contributed by atoms with E-state index in [0.717, 1.165) is 16.8 Å². The van der Waals surface area contributed by atoms with Crippen LogP contribution in [0.3, 0.4) is 0 Å². The van der Waals surface area contributed by atoms with Crippen molar-refractivity contribution in [3.05, 3.63) is 53.6 Å². The zero-order chi connectivity index (χ0) is 18.1. The number of hydrogen-bond donors (Lipinski definition) is 1. The summed E-state index contributed by atoms with van der Waals surface area (Å²) in [6, 6.07) is 12.9. The lowest BCUT2D eigenvalue weighted by Crippen LogP contribution is -2.16. The monoisotopic (exact) mass is 342 g/mol. The van der Waals surface area contributed by atoms with Crippen molar-refractivity contribution < 1.29 is 19.1 Å². The van der Waals surface area contributed by atoms with Gasteiger partial charge in [0, 0.05) is 11.3 Å². The predicted octanol–water partition coefficient (Wildman–Crippen LogP) is 3.39. The van der Waals surface area contributed by atoms with Crippen LogP contribution in [-0.2, 0) is 9.63 Å². The molecule has 0 aromatic heterocycles. The Kier molecular flexibility index (Phi) is 6.83. The summed E-state index contributed by atoms with van der Waals surface area (Å²) in [6.45, 7) is 4.23. The molecule has 2 aromatic carbocycles. The van der Waals surface area contributed by atoms with E-state index in [1.165, 1.54) is 6.21 Å². The van der Waals surface area contributed by atoms with Gasteiger partial charge < -0.3 is 19.6 Å². The van der Waals surface area contributed by atoms with Crippen LogP contribution in [0.4, 0.5) is 5.69 Å². The van der Waals surface area contributed by atoms with Gasteiger partial charge >= 0.3 is 0 Å². The van der Waals surface area contributed by atoms with Crippen LogP contribution >= 0.6 is 0 Å². The Labute approximate surface area is 147 Å². The molecule has 0 aliphatic carbocycles. The van der Waals surface area contributed by atoms with Crippen LogP contribution in [0.1, 0.15) is 18.1 Å². The van der Waals surface area contributed by atoms with Crippen LogP contribution in [0.25, 0.3) is 0 Å². The minimum absolute atomic E-state index is 0.168. The summed E-state index contributed by atoms with van der Waals surface area (Å²) in [4.78, 5) is 16.9. The Hall–Kier alpha value is -3.02. The van der Waals surface area contributed by atoms with Gasteiger partial charge in [-0.3, -0.25) is 4.79 Å². The first-order chi connectivity index (χ1) is 12.1. The summed E-state index contributed by atoms with van der Waals surface area (Å²) in [6.07, 6.45) is 1.52. The van der Waals surface area contributed by atoms with E-state index >= 15 is 0 Å². The maximum Gasteiger partial charge on any atom is 0.265 e. The number of ether oxygens (including phenoxy) is 2. The molecule has 0 bridgehead atoms. The number of amides is 1. The molecule has 0 saturated heterocycles. The Morgan fingerprint density at radius 3 is 2.76 bits per heavy atom. The number of anilines is 1. The van der Waals surface area contributed by atoms with Gasteiger partial charge in [0.2, 0.25) is 0 Å². The fraction of sp³-hybridized carbons (Fsp3) is 0.263. The maximum absolute atomic E-state index is 11.8. The molecule has 6 heteroatoms. The van der Waals surface area contributed by atoms with E-state index in [-0.39, 0.29) is 12.5 Å². The van der Waals surface area contributed by atoms with Crippen molar-refractivity contribution in [2.24, 2.45) is 5.16 Å². The van der Waals surface area contributed by atoms with Crippen molar-refractivity contribution in [2.45, 2.75) is 13.8 Å². The molecule has 1 N–H and O–H groups in total. The predicted molar refractivity (Wildman–Crippen MR) is 97.5 cm³/mol. The minimum atomic E-state index is -0.271. The molecule has 0 unspecified atom stereocenters. The van der Waals surface area contributed by atoms with Gasteiger partial charge in [-0.15, -0.1) is 0 Å². The molecule has 6 nitrogen and oxygen atoms in total. The highest BCUT2D eigenvalue weighted by Gasteiger charge is 2.05. The number of carbonyl (C=O) groups is 1. The quantitative estimate of drug-likeness (QED) is 0.590. The Morgan fingerprint density at radius 2 is 2.04 bits per heavy atom. The number of carbonyl (C=O) groups excluding carboxylic acids is 1. The normalized spacial score (nSPS) is 10.5. The molecule has 0 aliphatic rings. The first-order valence-corrected chi connectivity index (χ1v) is 7.95. The largest absolute Gasteiger partial charge is 0.493 e. The van der Waals surface area contributed by atoms with Crippen molar-refractivity contribution in [1.82, 2.24) is 0 Å². The van der Waals surface area contributed by atoms with Gasteiger partial charge in [-0.25, -0.2) is 0 Å². The molecular formula is C19H22N2O4. The topological polar surface area (TPSA) is 69.2 Å². The molecule has 1 amide bonds. The van der Waals surface area contributed by atoms with Gasteiger partial charge in [0.05, 0.1) is 19.9 Å². The second-order valence-corrected chi connectivity index (χ2v) is 5.27. The Bertz CT molecular complexity index is 744. The van der Waals surface area contributed by atoms with Gasteiger partial charge in [-0.05, 0) is 49.7 Å². The van der Waals surface area contributed by atoms with Gasteiger partial charge in [0.15, 0.2) is 18.1 Å². The minimum Gasteiger partial charge on any atom is -0.493 e. The summed E-state index contributed by atoms with van der Waals surface area (Å²) in [5.41, 5.74) is 2.58. The highest BCUT2D eigenvalue weighted by atomic mass is 16.6. The summed E-state index contributed by atoms with van der Waals surface area (Å²) < 4.78 is 10.7. The van der Waals surface area contributed by atoms with Gasteiger partial charge in [-0.1, -0.05) is 17.3 Å². The molecule has 2 aromatic rings. The van der Waals surface area contributed by atoms with Crippen LogP contribution in [0.5, 0.6) is 11.5 Å². The van der Waals surface area contributed by atoms with E-state index in [4.69, 9.17) is 14.3 Å². The van der Waals surface area contributed by atoms with E-state index in [2.05, 4.69) is 10.5 Å². The fourth-order valence-electron chi connectivity index (χ4n) is 2.16. The van der Waals surface area contributed by atoms with Gasteiger partial charge in [-0.2, -0.15) is 0 Å². The van der Waals surface area contributed by atoms with Crippen LogP contribution in [-0.4, -0.2) is 32.4 Å². The van der Waals surface area contributed by atoms with Crippen molar-refractivity contribution in [1.29, 1.82) is 0 Å². The molecule has 0 radical (unpaired) electrons. The molecule has 25 heavy (non-hydrogen) atoms. The number of benzene rings is 2. The molecule has 0 spiro atoms. The third kappa shape index (κ3) is 5.84. The maximum atomic E-state index is 11.8. The molecule has 0 aliphatic heterocycles. The van der Waals surface area contributed by atoms with E-state index in [1.54, 1.807) is 19.2 Å². The first kappa shape index (κ1) is 18.3. The van der Waals surface area contributed by atoms with Crippen molar-refractivity contribution in [3.8, 4) is 11.5 Å².